The zero-order chi connectivity index (χ0) is 14.8. The number of fused-ring (bicyclic) bond motifs is 1. The van der Waals surface area contributed by atoms with Crippen molar-refractivity contribution in [2.24, 2.45) is 0 Å². The third-order valence-electron chi connectivity index (χ3n) is 3.40. The molecule has 21 heavy (non-hydrogen) atoms. The molecule has 0 spiro atoms. The van der Waals surface area contributed by atoms with Crippen molar-refractivity contribution in [1.82, 2.24) is 9.97 Å². The number of rotatable bonds is 4. The van der Waals surface area contributed by atoms with Gasteiger partial charge in [-0.1, -0.05) is 12.1 Å². The topological polar surface area (TPSA) is 38.2 Å². The first-order valence-electron chi connectivity index (χ1n) is 6.73. The molecule has 4 nitrogen and oxygen atoms in total. The first-order valence-corrected chi connectivity index (χ1v) is 7.61. The summed E-state index contributed by atoms with van der Waals surface area (Å²) in [6.45, 7) is 2.79. The van der Waals surface area contributed by atoms with E-state index in [-0.39, 0.29) is 0 Å². The third kappa shape index (κ3) is 2.69. The summed E-state index contributed by atoms with van der Waals surface area (Å²) in [5, 5.41) is 4.20. The van der Waals surface area contributed by atoms with Crippen LogP contribution in [0.3, 0.4) is 0 Å². The Bertz CT molecular complexity index is 756. The molecule has 0 saturated heterocycles. The van der Waals surface area contributed by atoms with Crippen molar-refractivity contribution in [3.05, 3.63) is 46.5 Å². The molecule has 0 aliphatic rings. The van der Waals surface area contributed by atoms with Crippen LogP contribution in [0, 0.1) is 6.92 Å². The van der Waals surface area contributed by atoms with Crippen LogP contribution in [0.25, 0.3) is 10.9 Å². The van der Waals surface area contributed by atoms with Crippen molar-refractivity contribution < 1.29 is 4.74 Å². The molecule has 0 aliphatic heterocycles. The molecular weight excluding hydrogens is 282 g/mol. The molecule has 0 fully saturated rings. The Balaban J connectivity index is 2.09. The summed E-state index contributed by atoms with van der Waals surface area (Å²) in [6.07, 6.45) is 1.84. The predicted molar refractivity (Wildman–Crippen MR) is 87.3 cm³/mol. The molecule has 0 atom stereocenters. The highest BCUT2D eigenvalue weighted by atomic mass is 32.1. The van der Waals surface area contributed by atoms with Crippen LogP contribution in [-0.4, -0.2) is 24.1 Å². The van der Waals surface area contributed by atoms with Gasteiger partial charge < -0.3 is 9.64 Å². The molecule has 0 aliphatic carbocycles. The minimum atomic E-state index is 0.785. The second kappa shape index (κ2) is 5.69. The number of hydrogen-bond acceptors (Lipinski definition) is 5. The molecule has 1 aromatic carbocycles. The number of methoxy groups -OCH3 is 1. The first-order chi connectivity index (χ1) is 10.2. The minimum absolute atomic E-state index is 0.785. The standard InChI is InChI=1S/C16H17N3OS/c1-11-9-13(19(2)10-15-17-7-8-21-15)12-5-4-6-14(20-3)16(12)18-11/h4-9H,10H2,1-3H3. The largest absolute Gasteiger partial charge is 0.494 e. The lowest BCUT2D eigenvalue weighted by Gasteiger charge is -2.21. The molecule has 5 heteroatoms. The molecule has 0 N–H and O–H groups in total. The summed E-state index contributed by atoms with van der Waals surface area (Å²) in [7, 11) is 3.76. The average Bonchev–Trinajstić information content (AvgIpc) is 2.98. The van der Waals surface area contributed by atoms with Crippen molar-refractivity contribution in [2.45, 2.75) is 13.5 Å². The van der Waals surface area contributed by atoms with Crippen LogP contribution in [0.2, 0.25) is 0 Å². The number of pyridine rings is 1. The smallest absolute Gasteiger partial charge is 0.145 e. The van der Waals surface area contributed by atoms with Crippen LogP contribution in [0.4, 0.5) is 5.69 Å². The number of aromatic nitrogens is 2. The maximum Gasteiger partial charge on any atom is 0.145 e. The Hall–Kier alpha value is -2.14. The van der Waals surface area contributed by atoms with Gasteiger partial charge in [-0.3, -0.25) is 0 Å². The van der Waals surface area contributed by atoms with Gasteiger partial charge in [0.25, 0.3) is 0 Å². The highest BCUT2D eigenvalue weighted by Gasteiger charge is 2.12. The van der Waals surface area contributed by atoms with Crippen LogP contribution in [0.1, 0.15) is 10.7 Å². The van der Waals surface area contributed by atoms with Crippen LogP contribution >= 0.6 is 11.3 Å². The van der Waals surface area contributed by atoms with Crippen LogP contribution in [0.15, 0.2) is 35.8 Å². The summed E-state index contributed by atoms with van der Waals surface area (Å²) in [4.78, 5) is 11.2. The normalized spacial score (nSPS) is 10.8. The van der Waals surface area contributed by atoms with E-state index in [1.165, 1.54) is 0 Å². The van der Waals surface area contributed by atoms with Crippen LogP contribution < -0.4 is 9.64 Å². The lowest BCUT2D eigenvalue weighted by Crippen LogP contribution is -2.17. The Labute approximate surface area is 128 Å². The van der Waals surface area contributed by atoms with Gasteiger partial charge in [-0.15, -0.1) is 11.3 Å². The second-order valence-corrected chi connectivity index (χ2v) is 5.90. The van der Waals surface area contributed by atoms with Crippen molar-refractivity contribution in [2.75, 3.05) is 19.1 Å². The van der Waals surface area contributed by atoms with Gasteiger partial charge >= 0.3 is 0 Å². The monoisotopic (exact) mass is 299 g/mol. The predicted octanol–water partition coefficient (Wildman–Crippen LogP) is 3.64. The molecular formula is C16H17N3OS. The van der Waals surface area contributed by atoms with E-state index in [1.54, 1.807) is 18.4 Å². The lowest BCUT2D eigenvalue weighted by atomic mass is 10.1. The fraction of sp³-hybridized carbons (Fsp3) is 0.250. The fourth-order valence-electron chi connectivity index (χ4n) is 2.43. The van der Waals surface area contributed by atoms with Crippen LogP contribution in [-0.2, 0) is 6.54 Å². The molecule has 0 amide bonds. The van der Waals surface area contributed by atoms with Gasteiger partial charge in [0.2, 0.25) is 0 Å². The maximum atomic E-state index is 5.43. The van der Waals surface area contributed by atoms with Gasteiger partial charge in [0.15, 0.2) is 0 Å². The van der Waals surface area contributed by atoms with E-state index >= 15 is 0 Å². The number of nitrogens with zero attached hydrogens (tertiary/aromatic N) is 3. The first kappa shape index (κ1) is 13.8. The van der Waals surface area contributed by atoms with E-state index in [2.05, 4.69) is 34.0 Å². The number of ether oxygens (including phenoxy) is 1. The molecule has 0 unspecified atom stereocenters. The molecule has 0 saturated carbocycles. The summed E-state index contributed by atoms with van der Waals surface area (Å²) in [6, 6.07) is 8.13. The zero-order valence-electron chi connectivity index (χ0n) is 12.3. The average molecular weight is 299 g/mol. The van der Waals surface area contributed by atoms with Crippen molar-refractivity contribution in [3.63, 3.8) is 0 Å². The Morgan fingerprint density at radius 2 is 2.19 bits per heavy atom. The molecule has 2 heterocycles. The highest BCUT2D eigenvalue weighted by molar-refractivity contribution is 7.09. The molecule has 108 valence electrons. The third-order valence-corrected chi connectivity index (χ3v) is 4.16. The van der Waals surface area contributed by atoms with Crippen molar-refractivity contribution in [3.8, 4) is 5.75 Å². The molecule has 3 aromatic rings. The Morgan fingerprint density at radius 1 is 1.33 bits per heavy atom. The van der Waals surface area contributed by atoms with Gasteiger partial charge in [-0.2, -0.15) is 0 Å². The summed E-state index contributed by atoms with van der Waals surface area (Å²) in [5.74, 6) is 0.806. The van der Waals surface area contributed by atoms with E-state index in [9.17, 15) is 0 Å². The number of anilines is 1. The molecule has 3 rings (SSSR count). The van der Waals surface area contributed by atoms with Gasteiger partial charge in [-0.25, -0.2) is 9.97 Å². The van der Waals surface area contributed by atoms with Crippen molar-refractivity contribution in [1.29, 1.82) is 0 Å². The van der Waals surface area contributed by atoms with E-state index in [1.807, 2.05) is 30.6 Å². The van der Waals surface area contributed by atoms with E-state index < -0.39 is 0 Å². The number of hydrogen-bond donors (Lipinski definition) is 0. The minimum Gasteiger partial charge on any atom is -0.494 e. The number of benzene rings is 1. The summed E-state index contributed by atoms with van der Waals surface area (Å²) < 4.78 is 5.43. The van der Waals surface area contributed by atoms with Crippen molar-refractivity contribution >= 4 is 27.9 Å². The molecule has 2 aromatic heterocycles. The summed E-state index contributed by atoms with van der Waals surface area (Å²) >= 11 is 1.67. The fourth-order valence-corrected chi connectivity index (χ4v) is 3.10. The maximum absolute atomic E-state index is 5.43. The van der Waals surface area contributed by atoms with Gasteiger partial charge in [0.05, 0.1) is 13.7 Å². The number of thiazole rings is 1. The van der Waals surface area contributed by atoms with Gasteiger partial charge in [-0.05, 0) is 19.1 Å². The van der Waals surface area contributed by atoms with E-state index in [0.717, 1.165) is 39.6 Å². The Kier molecular flexibility index (Phi) is 3.75. The zero-order valence-corrected chi connectivity index (χ0v) is 13.1. The van der Waals surface area contributed by atoms with Gasteiger partial charge in [0, 0.05) is 35.4 Å². The summed E-state index contributed by atoms with van der Waals surface area (Å²) in [5.41, 5.74) is 3.03. The second-order valence-electron chi connectivity index (χ2n) is 4.92. The number of aryl methyl sites for hydroxylation is 1. The van der Waals surface area contributed by atoms with Crippen LogP contribution in [0.5, 0.6) is 5.75 Å². The van der Waals surface area contributed by atoms with E-state index in [4.69, 9.17) is 4.74 Å². The molecule has 0 bridgehead atoms. The lowest BCUT2D eigenvalue weighted by molar-refractivity contribution is 0.419. The number of para-hydroxylation sites is 1. The SMILES string of the molecule is COc1cccc2c(N(C)Cc3nccs3)cc(C)nc12. The van der Waals surface area contributed by atoms with Gasteiger partial charge in [0.1, 0.15) is 16.3 Å². The molecule has 0 radical (unpaired) electrons. The highest BCUT2D eigenvalue weighted by Crippen LogP contribution is 2.32. The van der Waals surface area contributed by atoms with E-state index in [0.29, 0.717) is 0 Å². The Morgan fingerprint density at radius 3 is 2.90 bits per heavy atom. The quantitative estimate of drug-likeness (QED) is 0.737.